The molecule has 9 heteroatoms. The van der Waals surface area contributed by atoms with E-state index in [2.05, 4.69) is 20.8 Å². The summed E-state index contributed by atoms with van der Waals surface area (Å²) in [7, 11) is 3.12. The topological polar surface area (TPSA) is 91.2 Å². The first-order valence-corrected chi connectivity index (χ1v) is 7.38. The highest BCUT2D eigenvalue weighted by Crippen LogP contribution is 2.26. The van der Waals surface area contributed by atoms with Crippen LogP contribution in [0.3, 0.4) is 0 Å². The summed E-state index contributed by atoms with van der Waals surface area (Å²) in [6.45, 7) is 1.13. The predicted octanol–water partition coefficient (Wildman–Crippen LogP) is 0.0528. The van der Waals surface area contributed by atoms with E-state index < -0.39 is 6.29 Å². The molecule has 1 amide bonds. The van der Waals surface area contributed by atoms with Crippen LogP contribution in [-0.2, 0) is 20.8 Å². The number of amides is 1. The number of tetrazole rings is 1. The van der Waals surface area contributed by atoms with Gasteiger partial charge >= 0.3 is 0 Å². The number of thioether (sulfide) groups is 1. The van der Waals surface area contributed by atoms with Gasteiger partial charge in [-0.05, 0) is 23.3 Å². The van der Waals surface area contributed by atoms with E-state index in [1.807, 2.05) is 0 Å². The fourth-order valence-corrected chi connectivity index (χ4v) is 2.98. The Morgan fingerprint density at radius 3 is 3.00 bits per heavy atom. The Balaban J connectivity index is 2.02. The van der Waals surface area contributed by atoms with E-state index in [4.69, 9.17) is 9.47 Å². The number of carbonyl (C=O) groups is 1. The molecule has 0 saturated carbocycles. The lowest BCUT2D eigenvalue weighted by Crippen LogP contribution is -2.31. The maximum atomic E-state index is 11.9. The van der Waals surface area contributed by atoms with Crippen molar-refractivity contribution in [1.29, 1.82) is 0 Å². The molecule has 20 heavy (non-hydrogen) atoms. The number of nitrogens with zero attached hydrogens (tertiary/aromatic N) is 4. The van der Waals surface area contributed by atoms with Crippen molar-refractivity contribution in [1.82, 2.24) is 25.5 Å². The summed E-state index contributed by atoms with van der Waals surface area (Å²) in [6.07, 6.45) is 2.46. The minimum Gasteiger partial charge on any atom is -0.355 e. The fraction of sp³-hybridized carbons (Fsp3) is 0.818. The standard InChI is InChI=1S/C11H19N5O3S/c1-18-9(19-2)7-16-11(13-14-15-16)20-8-5-3-4-6-12-10(8)17/h8-9H,3-7H2,1-2H3,(H,12,17). The van der Waals surface area contributed by atoms with Crippen molar-refractivity contribution in [3.05, 3.63) is 0 Å². The number of nitrogens with one attached hydrogen (secondary N) is 1. The van der Waals surface area contributed by atoms with Gasteiger partial charge in [0.2, 0.25) is 11.1 Å². The second-order valence-corrected chi connectivity index (χ2v) is 5.61. The first kappa shape index (κ1) is 15.2. The Morgan fingerprint density at radius 1 is 1.45 bits per heavy atom. The molecule has 2 rings (SSSR count). The zero-order valence-electron chi connectivity index (χ0n) is 11.6. The minimum atomic E-state index is -0.416. The van der Waals surface area contributed by atoms with E-state index in [0.717, 1.165) is 25.8 Å². The Bertz CT molecular complexity index is 437. The van der Waals surface area contributed by atoms with Gasteiger partial charge in [-0.2, -0.15) is 0 Å². The first-order chi connectivity index (χ1) is 9.74. The Labute approximate surface area is 121 Å². The van der Waals surface area contributed by atoms with Gasteiger partial charge in [-0.15, -0.1) is 5.10 Å². The largest absolute Gasteiger partial charge is 0.355 e. The molecule has 0 aromatic carbocycles. The van der Waals surface area contributed by atoms with Crippen LogP contribution < -0.4 is 5.32 Å². The van der Waals surface area contributed by atoms with Crippen molar-refractivity contribution in [3.63, 3.8) is 0 Å². The van der Waals surface area contributed by atoms with Crippen molar-refractivity contribution in [2.45, 2.75) is 42.5 Å². The molecule has 1 aromatic rings. The van der Waals surface area contributed by atoms with Crippen LogP contribution in [0.2, 0.25) is 0 Å². The van der Waals surface area contributed by atoms with Crippen molar-refractivity contribution >= 4 is 17.7 Å². The minimum absolute atomic E-state index is 0.0529. The van der Waals surface area contributed by atoms with E-state index >= 15 is 0 Å². The van der Waals surface area contributed by atoms with E-state index in [9.17, 15) is 4.79 Å². The number of aromatic nitrogens is 4. The molecule has 1 saturated heterocycles. The summed E-state index contributed by atoms with van der Waals surface area (Å²) in [5, 5.41) is 14.9. The van der Waals surface area contributed by atoms with Crippen LogP contribution in [0.15, 0.2) is 5.16 Å². The van der Waals surface area contributed by atoms with Crippen LogP contribution in [0.1, 0.15) is 19.3 Å². The summed E-state index contributed by atoms with van der Waals surface area (Å²) in [5.41, 5.74) is 0. The summed E-state index contributed by atoms with van der Waals surface area (Å²) < 4.78 is 11.9. The second kappa shape index (κ2) is 7.55. The zero-order chi connectivity index (χ0) is 14.4. The molecule has 1 fully saturated rings. The highest BCUT2D eigenvalue weighted by Gasteiger charge is 2.25. The Morgan fingerprint density at radius 2 is 2.25 bits per heavy atom. The monoisotopic (exact) mass is 301 g/mol. The molecule has 1 unspecified atom stereocenters. The summed E-state index contributed by atoms with van der Waals surface area (Å²) >= 11 is 1.39. The van der Waals surface area contributed by atoms with Gasteiger partial charge in [0.05, 0.1) is 11.8 Å². The van der Waals surface area contributed by atoms with E-state index in [1.54, 1.807) is 18.9 Å². The van der Waals surface area contributed by atoms with Crippen LogP contribution in [0.4, 0.5) is 0 Å². The van der Waals surface area contributed by atoms with Crippen molar-refractivity contribution in [2.75, 3.05) is 20.8 Å². The Hall–Kier alpha value is -1.19. The van der Waals surface area contributed by atoms with Gasteiger partial charge in [0.25, 0.3) is 0 Å². The van der Waals surface area contributed by atoms with Gasteiger partial charge in [-0.3, -0.25) is 4.79 Å². The average molecular weight is 301 g/mol. The predicted molar refractivity (Wildman–Crippen MR) is 72.1 cm³/mol. The maximum Gasteiger partial charge on any atom is 0.233 e. The third-order valence-electron chi connectivity index (χ3n) is 3.08. The number of methoxy groups -OCH3 is 2. The average Bonchev–Trinajstić information content (AvgIpc) is 2.79. The van der Waals surface area contributed by atoms with Gasteiger partial charge in [0, 0.05) is 20.8 Å². The first-order valence-electron chi connectivity index (χ1n) is 6.50. The molecule has 8 nitrogen and oxygen atoms in total. The van der Waals surface area contributed by atoms with Gasteiger partial charge in [-0.25, -0.2) is 4.68 Å². The number of hydrogen-bond acceptors (Lipinski definition) is 7. The van der Waals surface area contributed by atoms with E-state index in [-0.39, 0.29) is 11.2 Å². The van der Waals surface area contributed by atoms with Gasteiger partial charge in [0.15, 0.2) is 6.29 Å². The van der Waals surface area contributed by atoms with E-state index in [1.165, 1.54) is 11.8 Å². The molecule has 1 aliphatic rings. The third-order valence-corrected chi connectivity index (χ3v) is 4.32. The van der Waals surface area contributed by atoms with Crippen molar-refractivity contribution in [2.24, 2.45) is 0 Å². The van der Waals surface area contributed by atoms with Gasteiger partial charge in [-0.1, -0.05) is 18.2 Å². The van der Waals surface area contributed by atoms with Crippen LogP contribution in [-0.4, -0.2) is 58.4 Å². The fourth-order valence-electron chi connectivity index (χ4n) is 1.93. The molecule has 0 spiro atoms. The van der Waals surface area contributed by atoms with E-state index in [0.29, 0.717) is 11.7 Å². The van der Waals surface area contributed by atoms with Gasteiger partial charge < -0.3 is 14.8 Å². The molecule has 0 radical (unpaired) electrons. The molecule has 2 heterocycles. The number of ether oxygens (including phenoxy) is 2. The lowest BCUT2D eigenvalue weighted by atomic mass is 10.2. The second-order valence-electron chi connectivity index (χ2n) is 4.44. The SMILES string of the molecule is COC(Cn1nnnc1SC1CCCCNC1=O)OC. The molecule has 0 bridgehead atoms. The number of hydrogen-bond donors (Lipinski definition) is 1. The van der Waals surface area contributed by atoms with Crippen molar-refractivity contribution in [3.8, 4) is 0 Å². The molecule has 1 atom stereocenters. The molecule has 112 valence electrons. The van der Waals surface area contributed by atoms with Crippen LogP contribution in [0.25, 0.3) is 0 Å². The molecular weight excluding hydrogens is 282 g/mol. The zero-order valence-corrected chi connectivity index (χ0v) is 12.4. The number of rotatable bonds is 6. The normalized spacial score (nSPS) is 19.9. The quantitative estimate of drug-likeness (QED) is 0.742. The molecule has 1 aromatic heterocycles. The summed E-state index contributed by atoms with van der Waals surface area (Å²) in [5.74, 6) is 0.0529. The smallest absolute Gasteiger partial charge is 0.233 e. The molecule has 0 aliphatic carbocycles. The summed E-state index contributed by atoms with van der Waals surface area (Å²) in [4.78, 5) is 11.9. The van der Waals surface area contributed by atoms with Crippen LogP contribution >= 0.6 is 11.8 Å². The maximum absolute atomic E-state index is 11.9. The highest BCUT2D eigenvalue weighted by molar-refractivity contribution is 8.00. The van der Waals surface area contributed by atoms with Crippen LogP contribution in [0, 0.1) is 0 Å². The molecule has 1 aliphatic heterocycles. The molecular formula is C11H19N5O3S. The van der Waals surface area contributed by atoms with Gasteiger partial charge in [0.1, 0.15) is 0 Å². The summed E-state index contributed by atoms with van der Waals surface area (Å²) in [6, 6.07) is 0. The molecule has 1 N–H and O–H groups in total. The highest BCUT2D eigenvalue weighted by atomic mass is 32.2. The lowest BCUT2D eigenvalue weighted by Gasteiger charge is -2.15. The Kier molecular flexibility index (Phi) is 5.74. The number of carbonyl (C=O) groups excluding carboxylic acids is 1. The van der Waals surface area contributed by atoms with Crippen LogP contribution in [0.5, 0.6) is 0 Å². The lowest BCUT2D eigenvalue weighted by molar-refractivity contribution is -0.120. The third kappa shape index (κ3) is 3.90. The van der Waals surface area contributed by atoms with Crippen molar-refractivity contribution < 1.29 is 14.3 Å².